The molecule has 0 spiro atoms. The molecule has 1 aromatic rings. The zero-order chi connectivity index (χ0) is 13.0. The first-order valence-corrected chi connectivity index (χ1v) is 6.37. The third-order valence-electron chi connectivity index (χ3n) is 3.47. The van der Waals surface area contributed by atoms with E-state index in [2.05, 4.69) is 10.6 Å². The van der Waals surface area contributed by atoms with Gasteiger partial charge in [-0.1, -0.05) is 0 Å². The fourth-order valence-electron chi connectivity index (χ4n) is 2.14. The lowest BCUT2D eigenvalue weighted by molar-refractivity contribution is 0.0922. The summed E-state index contributed by atoms with van der Waals surface area (Å²) in [6, 6.07) is 7.62. The van der Waals surface area contributed by atoms with Gasteiger partial charge in [-0.3, -0.25) is 4.79 Å². The van der Waals surface area contributed by atoms with Crippen LogP contribution in [0.3, 0.4) is 0 Å². The van der Waals surface area contributed by atoms with Gasteiger partial charge in [-0.2, -0.15) is 0 Å². The fraction of sp³-hybridized carbons (Fsp3) is 0.500. The van der Waals surface area contributed by atoms with Gasteiger partial charge in [-0.25, -0.2) is 0 Å². The molecule has 2 N–H and O–H groups in total. The van der Waals surface area contributed by atoms with Crippen molar-refractivity contribution in [1.29, 1.82) is 0 Å². The summed E-state index contributed by atoms with van der Waals surface area (Å²) in [4.78, 5) is 12.0. The first kappa shape index (κ1) is 12.9. The number of carbonyl (C=O) groups is 1. The first-order chi connectivity index (χ1) is 8.70. The minimum absolute atomic E-state index is 0.0166. The molecule has 18 heavy (non-hydrogen) atoms. The van der Waals surface area contributed by atoms with Crippen LogP contribution in [0.2, 0.25) is 0 Å². The van der Waals surface area contributed by atoms with Crippen molar-refractivity contribution in [2.45, 2.75) is 19.4 Å². The van der Waals surface area contributed by atoms with Gasteiger partial charge in [0, 0.05) is 36.9 Å². The molecule has 1 fully saturated rings. The monoisotopic (exact) mass is 248 g/mol. The maximum Gasteiger partial charge on any atom is 0.251 e. The van der Waals surface area contributed by atoms with Gasteiger partial charge < -0.3 is 15.4 Å². The quantitative estimate of drug-likeness (QED) is 0.855. The molecule has 0 aliphatic carbocycles. The van der Waals surface area contributed by atoms with Crippen LogP contribution in [0, 0.1) is 5.92 Å². The molecule has 1 saturated heterocycles. The highest BCUT2D eigenvalue weighted by molar-refractivity contribution is 5.94. The van der Waals surface area contributed by atoms with Crippen LogP contribution in [-0.2, 0) is 4.74 Å². The largest absolute Gasteiger partial charge is 0.388 e. The SMILES string of the molecule is CNc1ccc(C(=O)NC(C)C2CCOC2)cc1. The summed E-state index contributed by atoms with van der Waals surface area (Å²) in [6.45, 7) is 3.60. The van der Waals surface area contributed by atoms with Crippen LogP contribution in [-0.4, -0.2) is 32.2 Å². The Labute approximate surface area is 108 Å². The van der Waals surface area contributed by atoms with E-state index in [0.29, 0.717) is 11.5 Å². The summed E-state index contributed by atoms with van der Waals surface area (Å²) in [5, 5.41) is 6.07. The van der Waals surface area contributed by atoms with Gasteiger partial charge in [0.05, 0.1) is 6.61 Å². The first-order valence-electron chi connectivity index (χ1n) is 6.37. The predicted octanol–water partition coefficient (Wildman–Crippen LogP) is 1.88. The number of ether oxygens (including phenoxy) is 1. The molecule has 2 unspecified atom stereocenters. The van der Waals surface area contributed by atoms with Crippen molar-refractivity contribution in [3.05, 3.63) is 29.8 Å². The molecule has 98 valence electrons. The molecule has 4 nitrogen and oxygen atoms in total. The molecule has 1 amide bonds. The minimum Gasteiger partial charge on any atom is -0.388 e. The van der Waals surface area contributed by atoms with E-state index < -0.39 is 0 Å². The summed E-state index contributed by atoms with van der Waals surface area (Å²) < 4.78 is 5.34. The smallest absolute Gasteiger partial charge is 0.251 e. The Kier molecular flexibility index (Phi) is 4.20. The van der Waals surface area contributed by atoms with Gasteiger partial charge >= 0.3 is 0 Å². The van der Waals surface area contributed by atoms with E-state index in [1.807, 2.05) is 38.2 Å². The number of anilines is 1. The molecule has 0 saturated carbocycles. The molecule has 1 heterocycles. The molecule has 2 rings (SSSR count). The summed E-state index contributed by atoms with van der Waals surface area (Å²) in [5.41, 5.74) is 1.70. The minimum atomic E-state index is -0.0166. The zero-order valence-corrected chi connectivity index (χ0v) is 10.9. The Balaban J connectivity index is 1.93. The van der Waals surface area contributed by atoms with Crippen LogP contribution >= 0.6 is 0 Å². The van der Waals surface area contributed by atoms with E-state index in [0.717, 1.165) is 25.3 Å². The highest BCUT2D eigenvalue weighted by Gasteiger charge is 2.23. The predicted molar refractivity (Wildman–Crippen MR) is 71.8 cm³/mol. The number of nitrogens with one attached hydrogen (secondary N) is 2. The molecule has 1 aliphatic heterocycles. The van der Waals surface area contributed by atoms with E-state index >= 15 is 0 Å². The third kappa shape index (κ3) is 3.01. The van der Waals surface area contributed by atoms with Crippen molar-refractivity contribution in [3.63, 3.8) is 0 Å². The number of carbonyl (C=O) groups excluding carboxylic acids is 1. The van der Waals surface area contributed by atoms with Gasteiger partial charge in [-0.15, -0.1) is 0 Å². The normalized spacial score (nSPS) is 20.4. The molecule has 1 aliphatic rings. The number of benzene rings is 1. The second-order valence-electron chi connectivity index (χ2n) is 4.71. The summed E-state index contributed by atoms with van der Waals surface area (Å²) in [5.74, 6) is 0.419. The lowest BCUT2D eigenvalue weighted by Gasteiger charge is -2.19. The van der Waals surface area contributed by atoms with Crippen LogP contribution < -0.4 is 10.6 Å². The van der Waals surface area contributed by atoms with Crippen molar-refractivity contribution >= 4 is 11.6 Å². The van der Waals surface area contributed by atoms with E-state index in [1.54, 1.807) is 0 Å². The second kappa shape index (κ2) is 5.87. The van der Waals surface area contributed by atoms with Crippen molar-refractivity contribution < 1.29 is 9.53 Å². The molecule has 2 atom stereocenters. The van der Waals surface area contributed by atoms with Crippen LogP contribution in [0.5, 0.6) is 0 Å². The van der Waals surface area contributed by atoms with Crippen LogP contribution in [0.1, 0.15) is 23.7 Å². The summed E-state index contributed by atoms with van der Waals surface area (Å²) >= 11 is 0. The molecule has 0 aromatic heterocycles. The highest BCUT2D eigenvalue weighted by atomic mass is 16.5. The second-order valence-corrected chi connectivity index (χ2v) is 4.71. The third-order valence-corrected chi connectivity index (χ3v) is 3.47. The maximum atomic E-state index is 12.0. The Morgan fingerprint density at radius 1 is 1.39 bits per heavy atom. The maximum absolute atomic E-state index is 12.0. The highest BCUT2D eigenvalue weighted by Crippen LogP contribution is 2.17. The van der Waals surface area contributed by atoms with Crippen molar-refractivity contribution in [1.82, 2.24) is 5.32 Å². The Morgan fingerprint density at radius 2 is 2.11 bits per heavy atom. The van der Waals surface area contributed by atoms with Gasteiger partial charge in [-0.05, 0) is 37.6 Å². The number of hydrogen-bond acceptors (Lipinski definition) is 3. The van der Waals surface area contributed by atoms with Crippen molar-refractivity contribution in [2.75, 3.05) is 25.6 Å². The summed E-state index contributed by atoms with van der Waals surface area (Å²) in [7, 11) is 1.86. The number of rotatable bonds is 4. The van der Waals surface area contributed by atoms with E-state index in [1.165, 1.54) is 0 Å². The number of hydrogen-bond donors (Lipinski definition) is 2. The van der Waals surface area contributed by atoms with Crippen molar-refractivity contribution in [3.8, 4) is 0 Å². The Hall–Kier alpha value is -1.55. The number of amides is 1. The average Bonchev–Trinajstić information content (AvgIpc) is 2.92. The topological polar surface area (TPSA) is 50.4 Å². The van der Waals surface area contributed by atoms with Crippen LogP contribution in [0.4, 0.5) is 5.69 Å². The van der Waals surface area contributed by atoms with Gasteiger partial charge in [0.2, 0.25) is 0 Å². The Morgan fingerprint density at radius 3 is 2.67 bits per heavy atom. The van der Waals surface area contributed by atoms with E-state index in [9.17, 15) is 4.79 Å². The molecular weight excluding hydrogens is 228 g/mol. The van der Waals surface area contributed by atoms with Crippen LogP contribution in [0.15, 0.2) is 24.3 Å². The standard InChI is InChI=1S/C14H20N2O2/c1-10(12-7-8-18-9-12)16-14(17)11-3-5-13(15-2)6-4-11/h3-6,10,12,15H,7-9H2,1-2H3,(H,16,17). The molecule has 0 bridgehead atoms. The van der Waals surface area contributed by atoms with E-state index in [-0.39, 0.29) is 11.9 Å². The molecular formula is C14H20N2O2. The lowest BCUT2D eigenvalue weighted by Crippen LogP contribution is -2.38. The molecule has 0 radical (unpaired) electrons. The van der Waals surface area contributed by atoms with Gasteiger partial charge in [0.15, 0.2) is 0 Å². The summed E-state index contributed by atoms with van der Waals surface area (Å²) in [6.07, 6.45) is 1.03. The fourth-order valence-corrected chi connectivity index (χ4v) is 2.14. The van der Waals surface area contributed by atoms with Gasteiger partial charge in [0.25, 0.3) is 5.91 Å². The van der Waals surface area contributed by atoms with E-state index in [4.69, 9.17) is 4.74 Å². The Bertz CT molecular complexity index is 397. The molecule has 1 aromatic carbocycles. The zero-order valence-electron chi connectivity index (χ0n) is 10.9. The average molecular weight is 248 g/mol. The van der Waals surface area contributed by atoms with Crippen molar-refractivity contribution in [2.24, 2.45) is 5.92 Å². The van der Waals surface area contributed by atoms with Crippen LogP contribution in [0.25, 0.3) is 0 Å². The van der Waals surface area contributed by atoms with Gasteiger partial charge in [0.1, 0.15) is 0 Å². The lowest BCUT2D eigenvalue weighted by atomic mass is 10.0. The molecule has 4 heteroatoms.